The lowest BCUT2D eigenvalue weighted by Crippen LogP contribution is -2.29. The zero-order valence-corrected chi connectivity index (χ0v) is 15.0. The summed E-state index contributed by atoms with van der Waals surface area (Å²) < 4.78 is 0. The third-order valence-corrected chi connectivity index (χ3v) is 5.30. The molecule has 0 heterocycles. The predicted octanol–water partition coefficient (Wildman–Crippen LogP) is 2.68. The van der Waals surface area contributed by atoms with Gasteiger partial charge in [-0.2, -0.15) is 42.1 Å². The van der Waals surface area contributed by atoms with Gasteiger partial charge in [0.2, 0.25) is 0 Å². The van der Waals surface area contributed by atoms with Gasteiger partial charge in [0.25, 0.3) is 0 Å². The molecule has 8 atom stereocenters. The van der Waals surface area contributed by atoms with Crippen molar-refractivity contribution in [3.05, 3.63) is 0 Å². The van der Waals surface area contributed by atoms with Gasteiger partial charge < -0.3 is 0 Å². The highest BCUT2D eigenvalue weighted by atomic mass is 14.5. The molecule has 1 aliphatic rings. The molecular formula is C20H16N8. The summed E-state index contributed by atoms with van der Waals surface area (Å²) in [5, 5.41) is 75.9. The third-order valence-electron chi connectivity index (χ3n) is 5.30. The second-order valence-corrected chi connectivity index (χ2v) is 6.83. The normalized spacial score (nSPS) is 35.7. The first-order valence-electron chi connectivity index (χ1n) is 8.70. The minimum atomic E-state index is -0.882. The van der Waals surface area contributed by atoms with Crippen molar-refractivity contribution < 1.29 is 0 Å². The fourth-order valence-electron chi connectivity index (χ4n) is 3.55. The zero-order chi connectivity index (χ0) is 21.1. The molecule has 8 nitrogen and oxygen atoms in total. The van der Waals surface area contributed by atoms with Crippen LogP contribution in [0.4, 0.5) is 0 Å². The van der Waals surface area contributed by atoms with E-state index >= 15 is 0 Å². The zero-order valence-electron chi connectivity index (χ0n) is 15.0. The van der Waals surface area contributed by atoms with E-state index in [2.05, 4.69) is 0 Å². The Hall–Kier alpha value is -4.08. The van der Waals surface area contributed by atoms with E-state index in [9.17, 15) is 42.1 Å². The minimum absolute atomic E-state index is 0.0474. The Morgan fingerprint density at radius 3 is 0.464 bits per heavy atom. The maximum absolute atomic E-state index is 9.49. The molecule has 0 radical (unpaired) electrons. The number of rotatable bonds is 0. The summed E-state index contributed by atoms with van der Waals surface area (Å²) in [5.74, 6) is -7.06. The van der Waals surface area contributed by atoms with Crippen LogP contribution in [-0.4, -0.2) is 0 Å². The van der Waals surface area contributed by atoms with Gasteiger partial charge in [-0.25, -0.2) is 0 Å². The summed E-state index contributed by atoms with van der Waals surface area (Å²) >= 11 is 0. The van der Waals surface area contributed by atoms with Gasteiger partial charge in [0, 0.05) is 0 Å². The molecule has 136 valence electrons. The standard InChI is InChI=1S/C20H16N8/c21-5-13-1-14(6-22)16(8-24)3-18(10-26)20(12-28)4-19(11-27)17(9-25)2-15(13)7-23/h13-20H,1-4H2. The van der Waals surface area contributed by atoms with Crippen LogP contribution in [0.3, 0.4) is 0 Å². The Bertz CT molecular complexity index is 674. The summed E-state index contributed by atoms with van der Waals surface area (Å²) in [6.45, 7) is 0. The van der Waals surface area contributed by atoms with Crippen molar-refractivity contribution in [3.8, 4) is 48.6 Å². The van der Waals surface area contributed by atoms with Crippen molar-refractivity contribution in [2.45, 2.75) is 25.7 Å². The summed E-state index contributed by atoms with van der Waals surface area (Å²) in [6.07, 6.45) is -0.190. The number of hydrogen-bond donors (Lipinski definition) is 0. The number of nitrogens with zero attached hydrogens (tertiary/aromatic N) is 8. The van der Waals surface area contributed by atoms with Crippen molar-refractivity contribution in [2.75, 3.05) is 0 Å². The fourth-order valence-corrected chi connectivity index (χ4v) is 3.55. The first kappa shape index (κ1) is 22.0. The lowest BCUT2D eigenvalue weighted by atomic mass is 9.70. The van der Waals surface area contributed by atoms with E-state index in [0.717, 1.165) is 0 Å². The second-order valence-electron chi connectivity index (χ2n) is 6.83. The van der Waals surface area contributed by atoms with Crippen molar-refractivity contribution in [1.82, 2.24) is 0 Å². The quantitative estimate of drug-likeness (QED) is 0.622. The largest absolute Gasteiger partial charge is 0.198 e. The van der Waals surface area contributed by atoms with Crippen LogP contribution >= 0.6 is 0 Å². The van der Waals surface area contributed by atoms with Gasteiger partial charge in [0.1, 0.15) is 0 Å². The third kappa shape index (κ3) is 4.97. The molecule has 8 unspecified atom stereocenters. The molecule has 0 bridgehead atoms. The van der Waals surface area contributed by atoms with E-state index in [4.69, 9.17) is 0 Å². The Morgan fingerprint density at radius 1 is 0.286 bits per heavy atom. The molecular weight excluding hydrogens is 352 g/mol. The molecule has 1 saturated carbocycles. The first-order valence-corrected chi connectivity index (χ1v) is 8.70. The van der Waals surface area contributed by atoms with Crippen molar-refractivity contribution >= 4 is 0 Å². The monoisotopic (exact) mass is 368 g/mol. The lowest BCUT2D eigenvalue weighted by Gasteiger charge is -2.28. The number of hydrogen-bond acceptors (Lipinski definition) is 8. The molecule has 0 aliphatic heterocycles. The molecule has 0 N–H and O–H groups in total. The minimum Gasteiger partial charge on any atom is -0.198 e. The van der Waals surface area contributed by atoms with Crippen LogP contribution in [0.25, 0.3) is 0 Å². The van der Waals surface area contributed by atoms with Crippen LogP contribution in [0.1, 0.15) is 25.7 Å². The van der Waals surface area contributed by atoms with Gasteiger partial charge in [0.05, 0.1) is 95.9 Å². The Labute approximate surface area is 164 Å². The SMILES string of the molecule is N#CC1CC(C#N)C(C#N)CC(C#N)C(C#N)CC(C#N)C(C#N)CC1C#N. The highest BCUT2D eigenvalue weighted by Crippen LogP contribution is 2.37. The Kier molecular flexibility index (Phi) is 8.48. The summed E-state index contributed by atoms with van der Waals surface area (Å²) in [6, 6.07) is 16.0. The van der Waals surface area contributed by atoms with Crippen LogP contribution in [-0.2, 0) is 0 Å². The second kappa shape index (κ2) is 10.8. The van der Waals surface area contributed by atoms with E-state index in [1.165, 1.54) is 0 Å². The molecule has 0 aromatic heterocycles. The number of nitriles is 8. The maximum atomic E-state index is 9.49. The van der Waals surface area contributed by atoms with Crippen molar-refractivity contribution in [3.63, 3.8) is 0 Å². The molecule has 0 aromatic rings. The van der Waals surface area contributed by atoms with Crippen molar-refractivity contribution in [1.29, 1.82) is 42.1 Å². The van der Waals surface area contributed by atoms with E-state index in [1.807, 2.05) is 48.6 Å². The molecule has 0 amide bonds. The van der Waals surface area contributed by atoms with E-state index in [1.54, 1.807) is 0 Å². The topological polar surface area (TPSA) is 190 Å². The van der Waals surface area contributed by atoms with Gasteiger partial charge in [-0.15, -0.1) is 0 Å². The van der Waals surface area contributed by atoms with Crippen LogP contribution in [0.5, 0.6) is 0 Å². The highest BCUT2D eigenvalue weighted by molar-refractivity contribution is 5.12. The molecule has 28 heavy (non-hydrogen) atoms. The van der Waals surface area contributed by atoms with Crippen LogP contribution in [0.2, 0.25) is 0 Å². The average molecular weight is 368 g/mol. The van der Waals surface area contributed by atoms with Crippen LogP contribution in [0, 0.1) is 138 Å². The summed E-state index contributed by atoms with van der Waals surface area (Å²) in [4.78, 5) is 0. The highest BCUT2D eigenvalue weighted by Gasteiger charge is 2.38. The molecule has 1 fully saturated rings. The molecule has 0 aromatic carbocycles. The Morgan fingerprint density at radius 2 is 0.393 bits per heavy atom. The van der Waals surface area contributed by atoms with Gasteiger partial charge in [-0.1, -0.05) is 0 Å². The first-order chi connectivity index (χ1) is 13.5. The van der Waals surface area contributed by atoms with E-state index in [0.29, 0.717) is 0 Å². The van der Waals surface area contributed by atoms with Gasteiger partial charge in [-0.3, -0.25) is 0 Å². The van der Waals surface area contributed by atoms with E-state index in [-0.39, 0.29) is 25.7 Å². The fraction of sp³-hybridized carbons (Fsp3) is 0.600. The Balaban J connectivity index is 3.47. The smallest absolute Gasteiger partial charge is 0.0670 e. The molecule has 0 saturated heterocycles. The predicted molar refractivity (Wildman–Crippen MR) is 91.3 cm³/mol. The molecule has 8 heteroatoms. The van der Waals surface area contributed by atoms with Gasteiger partial charge in [-0.05, 0) is 25.7 Å². The molecule has 0 spiro atoms. The summed E-state index contributed by atoms with van der Waals surface area (Å²) in [5.41, 5.74) is 0. The average Bonchev–Trinajstić information content (AvgIpc) is 2.73. The lowest BCUT2D eigenvalue weighted by molar-refractivity contribution is 0.253. The van der Waals surface area contributed by atoms with Crippen LogP contribution in [0.15, 0.2) is 0 Å². The summed E-state index contributed by atoms with van der Waals surface area (Å²) in [7, 11) is 0. The molecule has 1 aliphatic carbocycles. The van der Waals surface area contributed by atoms with Crippen molar-refractivity contribution in [2.24, 2.45) is 47.3 Å². The molecule has 1 rings (SSSR count). The maximum Gasteiger partial charge on any atom is 0.0670 e. The van der Waals surface area contributed by atoms with E-state index < -0.39 is 47.3 Å². The van der Waals surface area contributed by atoms with Gasteiger partial charge in [0.15, 0.2) is 0 Å². The van der Waals surface area contributed by atoms with Gasteiger partial charge >= 0.3 is 0 Å². The van der Waals surface area contributed by atoms with Crippen LogP contribution < -0.4 is 0 Å².